The average Bonchev–Trinajstić information content (AvgIpc) is 2.34. The third kappa shape index (κ3) is 1.01. The van der Waals surface area contributed by atoms with Gasteiger partial charge in [0.2, 0.25) is 0 Å². The summed E-state index contributed by atoms with van der Waals surface area (Å²) in [5.41, 5.74) is 0. The Morgan fingerprint density at radius 3 is 3.00 bits per heavy atom. The summed E-state index contributed by atoms with van der Waals surface area (Å²) in [4.78, 5) is 11.3. The number of ether oxygens (including phenoxy) is 2. The van der Waals surface area contributed by atoms with E-state index in [1.54, 1.807) is 12.2 Å². The van der Waals surface area contributed by atoms with Gasteiger partial charge in [-0.1, -0.05) is 6.92 Å². The topological polar surface area (TPSA) is 35.5 Å². The van der Waals surface area contributed by atoms with Crippen molar-refractivity contribution in [3.8, 4) is 0 Å². The van der Waals surface area contributed by atoms with Crippen molar-refractivity contribution in [1.82, 2.24) is 0 Å². The Morgan fingerprint density at radius 1 is 1.58 bits per heavy atom. The highest BCUT2D eigenvalue weighted by Crippen LogP contribution is 2.34. The molecule has 2 rings (SSSR count). The average molecular weight is 168 g/mol. The number of fused-ring (bicyclic) bond motifs is 2. The Labute approximate surface area is 71.3 Å². The molecule has 2 heterocycles. The molecule has 0 aliphatic carbocycles. The van der Waals surface area contributed by atoms with E-state index in [4.69, 9.17) is 9.47 Å². The van der Waals surface area contributed by atoms with Gasteiger partial charge >= 0.3 is 0 Å². The first-order chi connectivity index (χ1) is 5.64. The Bertz CT molecular complexity index is 246. The van der Waals surface area contributed by atoms with Gasteiger partial charge in [-0.05, 0) is 25.5 Å². The second kappa shape index (κ2) is 2.41. The van der Waals surface area contributed by atoms with Gasteiger partial charge in [0.1, 0.15) is 6.10 Å². The molecule has 2 bridgehead atoms. The molecule has 1 fully saturated rings. The summed E-state index contributed by atoms with van der Waals surface area (Å²) >= 11 is 0. The zero-order valence-corrected chi connectivity index (χ0v) is 7.24. The Hall–Kier alpha value is -0.670. The molecule has 1 saturated heterocycles. The number of carbonyl (C=O) groups is 1. The van der Waals surface area contributed by atoms with E-state index in [0.717, 1.165) is 6.42 Å². The van der Waals surface area contributed by atoms with Crippen LogP contribution in [0.4, 0.5) is 0 Å². The smallest absolute Gasteiger partial charge is 0.187 e. The van der Waals surface area contributed by atoms with Crippen LogP contribution >= 0.6 is 0 Å². The molecule has 0 spiro atoms. The van der Waals surface area contributed by atoms with Crippen LogP contribution in [0, 0.1) is 0 Å². The molecular weight excluding hydrogens is 156 g/mol. The Kier molecular flexibility index (Phi) is 1.59. The summed E-state index contributed by atoms with van der Waals surface area (Å²) in [5, 5.41) is 0. The summed E-state index contributed by atoms with van der Waals surface area (Å²) < 4.78 is 11.0. The number of ketones is 1. The van der Waals surface area contributed by atoms with Gasteiger partial charge in [-0.2, -0.15) is 0 Å². The molecule has 0 N–H and O–H groups in total. The molecule has 0 saturated carbocycles. The lowest BCUT2D eigenvalue weighted by atomic mass is 10.1. The van der Waals surface area contributed by atoms with Crippen molar-refractivity contribution in [3.05, 3.63) is 12.2 Å². The van der Waals surface area contributed by atoms with Gasteiger partial charge in [0, 0.05) is 0 Å². The van der Waals surface area contributed by atoms with Crippen molar-refractivity contribution >= 4 is 5.78 Å². The molecule has 0 aromatic heterocycles. The van der Waals surface area contributed by atoms with Crippen molar-refractivity contribution in [2.24, 2.45) is 0 Å². The van der Waals surface area contributed by atoms with Gasteiger partial charge in [-0.25, -0.2) is 0 Å². The van der Waals surface area contributed by atoms with E-state index < -0.39 is 5.79 Å². The van der Waals surface area contributed by atoms with Crippen molar-refractivity contribution in [1.29, 1.82) is 0 Å². The van der Waals surface area contributed by atoms with Gasteiger partial charge in [0.05, 0.1) is 6.10 Å². The van der Waals surface area contributed by atoms with Crippen molar-refractivity contribution in [2.45, 2.75) is 38.3 Å². The van der Waals surface area contributed by atoms with Gasteiger partial charge in [-0.3, -0.25) is 4.79 Å². The lowest BCUT2D eigenvalue weighted by Crippen LogP contribution is -2.33. The number of rotatable bonds is 1. The monoisotopic (exact) mass is 168 g/mol. The molecule has 3 heteroatoms. The minimum atomic E-state index is -0.654. The Morgan fingerprint density at radius 2 is 2.33 bits per heavy atom. The van der Waals surface area contributed by atoms with Crippen LogP contribution in [0.2, 0.25) is 0 Å². The van der Waals surface area contributed by atoms with Crippen molar-refractivity contribution in [2.75, 3.05) is 0 Å². The summed E-state index contributed by atoms with van der Waals surface area (Å²) in [6.07, 6.45) is 3.61. The molecule has 0 radical (unpaired) electrons. The maximum atomic E-state index is 11.3. The van der Waals surface area contributed by atoms with Crippen LogP contribution in [0.3, 0.4) is 0 Å². The fraction of sp³-hybridized carbons (Fsp3) is 0.667. The molecule has 66 valence electrons. The molecule has 0 aromatic rings. The predicted octanol–water partition coefficient (Wildman–Crippen LogP) is 1.04. The van der Waals surface area contributed by atoms with Crippen LogP contribution in [-0.2, 0) is 14.3 Å². The van der Waals surface area contributed by atoms with Gasteiger partial charge < -0.3 is 9.47 Å². The highest BCUT2D eigenvalue weighted by atomic mass is 16.8. The van der Waals surface area contributed by atoms with Gasteiger partial charge in [0.15, 0.2) is 11.6 Å². The van der Waals surface area contributed by atoms with Crippen LogP contribution < -0.4 is 0 Å². The highest BCUT2D eigenvalue weighted by molar-refractivity contribution is 5.95. The van der Waals surface area contributed by atoms with E-state index >= 15 is 0 Å². The van der Waals surface area contributed by atoms with Gasteiger partial charge in [0.25, 0.3) is 0 Å². The van der Waals surface area contributed by atoms with Crippen LogP contribution in [-0.4, -0.2) is 23.8 Å². The third-order valence-corrected chi connectivity index (χ3v) is 2.32. The van der Waals surface area contributed by atoms with E-state index in [1.165, 1.54) is 0 Å². The van der Waals surface area contributed by atoms with Crippen LogP contribution in [0.25, 0.3) is 0 Å². The van der Waals surface area contributed by atoms with E-state index in [-0.39, 0.29) is 18.0 Å². The molecule has 2 aliphatic rings. The second-order valence-corrected chi connectivity index (χ2v) is 3.35. The SMILES string of the molecule is CCC1OC2(C)C=CC(=O)C1O2. The number of hydrogen-bond donors (Lipinski definition) is 0. The summed E-state index contributed by atoms with van der Waals surface area (Å²) in [6, 6.07) is 0. The fourth-order valence-corrected chi connectivity index (χ4v) is 1.66. The standard InChI is InChI=1S/C9H12O3/c1-3-7-8-6(10)4-5-9(2,11-7)12-8/h4-5,7-8H,3H2,1-2H3. The normalized spacial score (nSPS) is 45.3. The summed E-state index contributed by atoms with van der Waals surface area (Å²) in [6.45, 7) is 3.82. The molecule has 0 amide bonds. The fourth-order valence-electron chi connectivity index (χ4n) is 1.66. The van der Waals surface area contributed by atoms with Crippen molar-refractivity contribution in [3.63, 3.8) is 0 Å². The minimum Gasteiger partial charge on any atom is -0.340 e. The molecule has 12 heavy (non-hydrogen) atoms. The minimum absolute atomic E-state index is 0.0248. The highest BCUT2D eigenvalue weighted by Gasteiger charge is 2.47. The predicted molar refractivity (Wildman–Crippen MR) is 42.6 cm³/mol. The largest absolute Gasteiger partial charge is 0.340 e. The molecular formula is C9H12O3. The summed E-state index contributed by atoms with van der Waals surface area (Å²) in [5.74, 6) is -0.629. The van der Waals surface area contributed by atoms with Crippen LogP contribution in [0.1, 0.15) is 20.3 Å². The molecule has 3 atom stereocenters. The lowest BCUT2D eigenvalue weighted by Gasteiger charge is -2.20. The van der Waals surface area contributed by atoms with Crippen LogP contribution in [0.15, 0.2) is 12.2 Å². The first-order valence-electron chi connectivity index (χ1n) is 4.23. The van der Waals surface area contributed by atoms with Crippen LogP contribution in [0.5, 0.6) is 0 Å². The number of hydrogen-bond acceptors (Lipinski definition) is 3. The zero-order valence-electron chi connectivity index (χ0n) is 7.24. The van der Waals surface area contributed by atoms with E-state index in [9.17, 15) is 4.79 Å². The second-order valence-electron chi connectivity index (χ2n) is 3.35. The van der Waals surface area contributed by atoms with E-state index in [2.05, 4.69) is 0 Å². The third-order valence-electron chi connectivity index (χ3n) is 2.32. The molecule has 3 nitrogen and oxygen atoms in total. The quantitative estimate of drug-likeness (QED) is 0.586. The first kappa shape index (κ1) is 7.95. The maximum absolute atomic E-state index is 11.3. The van der Waals surface area contributed by atoms with E-state index in [1.807, 2.05) is 13.8 Å². The molecule has 2 aliphatic heterocycles. The first-order valence-corrected chi connectivity index (χ1v) is 4.23. The summed E-state index contributed by atoms with van der Waals surface area (Å²) in [7, 11) is 0. The number of carbonyl (C=O) groups excluding carboxylic acids is 1. The van der Waals surface area contributed by atoms with Gasteiger partial charge in [-0.15, -0.1) is 0 Å². The lowest BCUT2D eigenvalue weighted by molar-refractivity contribution is -0.143. The van der Waals surface area contributed by atoms with Crippen molar-refractivity contribution < 1.29 is 14.3 Å². The Balaban J connectivity index is 2.29. The maximum Gasteiger partial charge on any atom is 0.187 e. The zero-order chi connectivity index (χ0) is 8.77. The molecule has 3 unspecified atom stereocenters. The molecule has 0 aromatic carbocycles. The van der Waals surface area contributed by atoms with E-state index in [0.29, 0.717) is 0 Å².